The van der Waals surface area contributed by atoms with Gasteiger partial charge in [0.25, 0.3) is 5.91 Å². The highest BCUT2D eigenvalue weighted by molar-refractivity contribution is 5.97. The number of imidazole rings is 1. The molecule has 1 aliphatic heterocycles. The minimum Gasteiger partial charge on any atom is -0.481 e. The average molecular weight is 557 g/mol. The first-order valence-corrected chi connectivity index (χ1v) is 15.0. The molecule has 0 aromatic carbocycles. The maximum absolute atomic E-state index is 13.7. The number of ether oxygens (including phenoxy) is 2. The molecule has 2 aliphatic carbocycles. The van der Waals surface area contributed by atoms with Gasteiger partial charge in [-0.05, 0) is 81.9 Å². The van der Waals surface area contributed by atoms with E-state index in [0.717, 1.165) is 78.0 Å². The lowest BCUT2D eigenvalue weighted by molar-refractivity contribution is -0.0204. The van der Waals surface area contributed by atoms with Gasteiger partial charge in [0.05, 0.1) is 24.0 Å². The summed E-state index contributed by atoms with van der Waals surface area (Å²) in [5, 5.41) is 1.03. The fourth-order valence-electron chi connectivity index (χ4n) is 7.89. The largest absolute Gasteiger partial charge is 0.481 e. The van der Waals surface area contributed by atoms with Crippen molar-refractivity contribution in [3.8, 4) is 17.4 Å². The van der Waals surface area contributed by atoms with E-state index >= 15 is 0 Å². The molecule has 0 spiro atoms. The quantitative estimate of drug-likeness (QED) is 0.274. The smallest absolute Gasteiger partial charge is 0.255 e. The molecule has 1 unspecified atom stereocenters. The second-order valence-corrected chi connectivity index (χ2v) is 13.0. The average Bonchev–Trinajstić information content (AvgIpc) is 3.49. The van der Waals surface area contributed by atoms with Gasteiger partial charge in [-0.2, -0.15) is 4.98 Å². The summed E-state index contributed by atoms with van der Waals surface area (Å²) in [6.45, 7) is 10.9. The number of aromatic nitrogens is 5. The first kappa shape index (κ1) is 26.4. The van der Waals surface area contributed by atoms with Gasteiger partial charge in [-0.3, -0.25) is 4.79 Å². The standard InChI is InChI=1S/C32H40N6O3/c1-7-36-25(12-19-8-9-26(40-5)35-28(19)36)30-34-23-11-21(31(39)37-17-22-10-20-13-24(37)27(20)22)15-33-29(23)38(30)16-18(2)14-32(3,4)41-6/h8-9,11-12,15,18,20,22,24,27H,7,10,13-14,16-17H2,1-6H3/t18-,20?,22-,24-,27-/m1/s1. The van der Waals surface area contributed by atoms with Gasteiger partial charge >= 0.3 is 0 Å². The van der Waals surface area contributed by atoms with Crippen molar-refractivity contribution in [2.45, 2.75) is 71.7 Å². The summed E-state index contributed by atoms with van der Waals surface area (Å²) in [4.78, 5) is 30.6. The Morgan fingerprint density at radius 2 is 1.93 bits per heavy atom. The highest BCUT2D eigenvalue weighted by atomic mass is 16.5. The van der Waals surface area contributed by atoms with Crippen LogP contribution in [0.2, 0.25) is 0 Å². The number of pyridine rings is 2. The van der Waals surface area contributed by atoms with E-state index in [1.54, 1.807) is 20.4 Å². The number of amides is 1. The maximum atomic E-state index is 13.7. The Morgan fingerprint density at radius 1 is 1.10 bits per heavy atom. The van der Waals surface area contributed by atoms with Gasteiger partial charge in [0.2, 0.25) is 5.88 Å². The number of carbonyl (C=O) groups is 1. The molecule has 9 nitrogen and oxygen atoms in total. The highest BCUT2D eigenvalue weighted by Gasteiger charge is 2.61. The number of likely N-dealkylation sites (tertiary alicyclic amines) is 1. The first-order valence-electron chi connectivity index (χ1n) is 15.0. The summed E-state index contributed by atoms with van der Waals surface area (Å²) >= 11 is 0. The van der Waals surface area contributed by atoms with Crippen LogP contribution < -0.4 is 4.74 Å². The fraction of sp³-hybridized carbons (Fsp3) is 0.562. The molecular weight excluding hydrogens is 516 g/mol. The Hall–Kier alpha value is -3.46. The van der Waals surface area contributed by atoms with Crippen molar-refractivity contribution < 1.29 is 14.3 Å². The van der Waals surface area contributed by atoms with Gasteiger partial charge in [0, 0.05) is 50.4 Å². The fourth-order valence-corrected chi connectivity index (χ4v) is 7.89. The first-order chi connectivity index (χ1) is 19.7. The molecule has 0 radical (unpaired) electrons. The number of methoxy groups -OCH3 is 2. The second-order valence-electron chi connectivity index (χ2n) is 13.0. The van der Waals surface area contributed by atoms with Gasteiger partial charge in [-0.1, -0.05) is 6.92 Å². The van der Waals surface area contributed by atoms with Crippen molar-refractivity contribution >= 4 is 28.1 Å². The van der Waals surface area contributed by atoms with Crippen LogP contribution in [0.15, 0.2) is 30.5 Å². The van der Waals surface area contributed by atoms with Gasteiger partial charge in [0.15, 0.2) is 11.5 Å². The number of carbonyl (C=O) groups excluding carboxylic acids is 1. The van der Waals surface area contributed by atoms with Crippen LogP contribution in [0.25, 0.3) is 33.7 Å². The maximum Gasteiger partial charge on any atom is 0.255 e. The molecule has 41 heavy (non-hydrogen) atoms. The minimum atomic E-state index is -0.239. The van der Waals surface area contributed by atoms with E-state index in [1.165, 1.54) is 6.42 Å². The van der Waals surface area contributed by atoms with Crippen molar-refractivity contribution in [1.82, 2.24) is 29.0 Å². The predicted molar refractivity (Wildman–Crippen MR) is 158 cm³/mol. The molecule has 1 amide bonds. The Morgan fingerprint density at radius 3 is 2.63 bits per heavy atom. The van der Waals surface area contributed by atoms with Crippen molar-refractivity contribution in [3.63, 3.8) is 0 Å². The zero-order valence-electron chi connectivity index (χ0n) is 24.9. The zero-order chi connectivity index (χ0) is 28.6. The second kappa shape index (κ2) is 9.54. The Balaban J connectivity index is 1.31. The van der Waals surface area contributed by atoms with E-state index in [1.807, 2.05) is 18.2 Å². The summed E-state index contributed by atoms with van der Waals surface area (Å²) in [5.41, 5.74) is 3.77. The summed E-state index contributed by atoms with van der Waals surface area (Å²) in [6, 6.07) is 8.44. The van der Waals surface area contributed by atoms with Crippen molar-refractivity contribution in [1.29, 1.82) is 0 Å². The topological polar surface area (TPSA) is 87.3 Å². The Bertz CT molecular complexity index is 1650. The van der Waals surface area contributed by atoms with Crippen LogP contribution in [0.5, 0.6) is 5.88 Å². The molecule has 3 fully saturated rings. The zero-order valence-corrected chi connectivity index (χ0v) is 24.9. The lowest BCUT2D eigenvalue weighted by atomic mass is 9.53. The van der Waals surface area contributed by atoms with Crippen LogP contribution >= 0.6 is 0 Å². The van der Waals surface area contributed by atoms with Crippen molar-refractivity contribution in [2.24, 2.45) is 23.7 Å². The van der Waals surface area contributed by atoms with E-state index in [-0.39, 0.29) is 11.5 Å². The number of hydrogen-bond donors (Lipinski definition) is 0. The molecule has 2 saturated carbocycles. The van der Waals surface area contributed by atoms with Crippen molar-refractivity contribution in [3.05, 3.63) is 36.0 Å². The van der Waals surface area contributed by atoms with E-state index in [2.05, 4.69) is 47.8 Å². The summed E-state index contributed by atoms with van der Waals surface area (Å²) in [5.74, 6) is 4.11. The number of rotatable bonds is 9. The highest BCUT2D eigenvalue weighted by Crippen LogP contribution is 2.60. The van der Waals surface area contributed by atoms with Gasteiger partial charge < -0.3 is 23.5 Å². The number of fused-ring (bicyclic) bond motifs is 2. The summed E-state index contributed by atoms with van der Waals surface area (Å²) in [6.07, 6.45) is 5.10. The van der Waals surface area contributed by atoms with Gasteiger partial charge in [-0.15, -0.1) is 0 Å². The molecular formula is C32H40N6O3. The lowest BCUT2D eigenvalue weighted by Gasteiger charge is -2.52. The van der Waals surface area contributed by atoms with E-state index in [0.29, 0.717) is 29.3 Å². The van der Waals surface area contributed by atoms with Crippen LogP contribution in [0.3, 0.4) is 0 Å². The molecule has 5 atom stereocenters. The third-order valence-corrected chi connectivity index (χ3v) is 9.97. The molecule has 1 saturated heterocycles. The SMILES string of the molecule is CCn1c(-c2nc3cc(C(=O)N4C[C@H]5CC6C[C@@H]4[C@H]65)cnc3n2C[C@H](C)CC(C)(C)OC)cc2ccc(OC)nc21. The molecule has 216 valence electrons. The number of aryl methyl sites for hydroxylation is 1. The third-order valence-electron chi connectivity index (χ3n) is 9.97. The normalized spacial score (nSPS) is 23.9. The molecule has 4 aromatic rings. The Labute approximate surface area is 240 Å². The monoisotopic (exact) mass is 556 g/mol. The lowest BCUT2D eigenvalue weighted by Crippen LogP contribution is -2.53. The molecule has 5 heterocycles. The summed E-state index contributed by atoms with van der Waals surface area (Å²) < 4.78 is 15.6. The molecule has 3 aliphatic rings. The Kier molecular flexibility index (Phi) is 6.15. The number of nitrogens with zero attached hydrogens (tertiary/aromatic N) is 6. The number of hydrogen-bond acceptors (Lipinski definition) is 6. The van der Waals surface area contributed by atoms with E-state index < -0.39 is 0 Å². The molecule has 0 N–H and O–H groups in total. The molecule has 4 aromatic heterocycles. The van der Waals surface area contributed by atoms with Crippen LogP contribution in [-0.4, -0.2) is 67.3 Å². The minimum absolute atomic E-state index is 0.0996. The molecule has 9 heteroatoms. The molecule has 0 bridgehead atoms. The van der Waals surface area contributed by atoms with E-state index in [4.69, 9.17) is 24.4 Å². The van der Waals surface area contributed by atoms with Crippen molar-refractivity contribution in [2.75, 3.05) is 20.8 Å². The van der Waals surface area contributed by atoms with Crippen LogP contribution in [0.1, 0.15) is 57.3 Å². The van der Waals surface area contributed by atoms with Gasteiger partial charge in [0.1, 0.15) is 11.2 Å². The van der Waals surface area contributed by atoms with Gasteiger partial charge in [-0.25, -0.2) is 9.97 Å². The van der Waals surface area contributed by atoms with Crippen LogP contribution in [0, 0.1) is 23.7 Å². The molecule has 7 rings (SSSR count). The third kappa shape index (κ3) is 4.15. The predicted octanol–water partition coefficient (Wildman–Crippen LogP) is 5.41. The summed E-state index contributed by atoms with van der Waals surface area (Å²) in [7, 11) is 3.40. The van der Waals surface area contributed by atoms with E-state index in [9.17, 15) is 4.79 Å². The van der Waals surface area contributed by atoms with Crippen LogP contribution in [0.4, 0.5) is 0 Å². The van der Waals surface area contributed by atoms with Crippen LogP contribution in [-0.2, 0) is 17.8 Å².